The molecule has 1 amide bonds. The van der Waals surface area contributed by atoms with Crippen molar-refractivity contribution in [1.82, 2.24) is 0 Å². The van der Waals surface area contributed by atoms with E-state index >= 15 is 0 Å². The SMILES string of the molecule is O=C(CCCCl)Nc1cc([N+](=O)[O-])ccc1Br. The highest BCUT2D eigenvalue weighted by atomic mass is 79.9. The van der Waals surface area contributed by atoms with E-state index in [9.17, 15) is 14.9 Å². The van der Waals surface area contributed by atoms with Gasteiger partial charge in [-0.2, -0.15) is 0 Å². The number of hydrogen-bond donors (Lipinski definition) is 1. The van der Waals surface area contributed by atoms with Gasteiger partial charge in [0.15, 0.2) is 0 Å². The van der Waals surface area contributed by atoms with Gasteiger partial charge in [0.25, 0.3) is 5.69 Å². The van der Waals surface area contributed by atoms with Crippen molar-refractivity contribution in [2.45, 2.75) is 12.8 Å². The largest absolute Gasteiger partial charge is 0.325 e. The quantitative estimate of drug-likeness (QED) is 0.514. The molecule has 1 rings (SSSR count). The molecule has 0 heterocycles. The Morgan fingerprint density at radius 2 is 2.24 bits per heavy atom. The molecular formula is C10H10BrClN2O3. The van der Waals surface area contributed by atoms with E-state index in [0.29, 0.717) is 28.9 Å². The molecule has 0 bridgehead atoms. The summed E-state index contributed by atoms with van der Waals surface area (Å²) >= 11 is 8.68. The highest BCUT2D eigenvalue weighted by molar-refractivity contribution is 9.10. The Morgan fingerprint density at radius 1 is 1.53 bits per heavy atom. The second kappa shape index (κ2) is 6.56. The number of nitrogens with one attached hydrogen (secondary N) is 1. The molecule has 5 nitrogen and oxygen atoms in total. The van der Waals surface area contributed by atoms with Crippen LogP contribution in [0.5, 0.6) is 0 Å². The zero-order valence-electron chi connectivity index (χ0n) is 8.78. The molecule has 0 spiro atoms. The van der Waals surface area contributed by atoms with Crippen LogP contribution >= 0.6 is 27.5 Å². The molecule has 0 aliphatic carbocycles. The minimum absolute atomic E-state index is 0.0687. The van der Waals surface area contributed by atoms with E-state index in [1.54, 1.807) is 0 Å². The van der Waals surface area contributed by atoms with Gasteiger partial charge >= 0.3 is 0 Å². The molecule has 0 radical (unpaired) electrons. The van der Waals surface area contributed by atoms with Gasteiger partial charge in [-0.05, 0) is 28.4 Å². The smallest absolute Gasteiger partial charge is 0.271 e. The van der Waals surface area contributed by atoms with Crippen LogP contribution in [0.15, 0.2) is 22.7 Å². The van der Waals surface area contributed by atoms with Gasteiger partial charge in [-0.15, -0.1) is 11.6 Å². The third-order valence-electron chi connectivity index (χ3n) is 1.97. The van der Waals surface area contributed by atoms with Crippen LogP contribution in [0, 0.1) is 10.1 Å². The summed E-state index contributed by atoms with van der Waals surface area (Å²) in [4.78, 5) is 21.5. The number of nitro benzene ring substituents is 1. The Hall–Kier alpha value is -1.14. The first-order valence-electron chi connectivity index (χ1n) is 4.84. The number of carbonyl (C=O) groups is 1. The van der Waals surface area contributed by atoms with Gasteiger partial charge in [0.2, 0.25) is 5.91 Å². The van der Waals surface area contributed by atoms with Gasteiger partial charge in [-0.25, -0.2) is 0 Å². The van der Waals surface area contributed by atoms with Crippen molar-refractivity contribution in [1.29, 1.82) is 0 Å². The number of benzene rings is 1. The van der Waals surface area contributed by atoms with Gasteiger partial charge in [0.05, 0.1) is 10.6 Å². The topological polar surface area (TPSA) is 72.2 Å². The molecule has 0 saturated carbocycles. The van der Waals surface area contributed by atoms with E-state index in [1.807, 2.05) is 0 Å². The first-order valence-corrected chi connectivity index (χ1v) is 6.17. The van der Waals surface area contributed by atoms with E-state index in [-0.39, 0.29) is 11.6 Å². The van der Waals surface area contributed by atoms with E-state index in [4.69, 9.17) is 11.6 Å². The number of nitrogens with zero attached hydrogens (tertiary/aromatic N) is 1. The average Bonchev–Trinajstić information content (AvgIpc) is 2.29. The van der Waals surface area contributed by atoms with Crippen molar-refractivity contribution in [2.24, 2.45) is 0 Å². The zero-order chi connectivity index (χ0) is 12.8. The lowest BCUT2D eigenvalue weighted by Crippen LogP contribution is -2.11. The lowest BCUT2D eigenvalue weighted by atomic mass is 10.2. The molecule has 92 valence electrons. The molecule has 1 aromatic rings. The molecule has 0 saturated heterocycles. The maximum Gasteiger partial charge on any atom is 0.271 e. The summed E-state index contributed by atoms with van der Waals surface area (Å²) in [5.41, 5.74) is 0.319. The summed E-state index contributed by atoms with van der Waals surface area (Å²) in [6.45, 7) is 0. The maximum atomic E-state index is 11.4. The van der Waals surface area contributed by atoms with Gasteiger partial charge in [0, 0.05) is 28.9 Å². The molecule has 17 heavy (non-hydrogen) atoms. The van der Waals surface area contributed by atoms with Crippen molar-refractivity contribution in [2.75, 3.05) is 11.2 Å². The normalized spacial score (nSPS) is 10.0. The molecule has 0 unspecified atom stereocenters. The molecule has 0 aliphatic heterocycles. The summed E-state index contributed by atoms with van der Waals surface area (Å²) < 4.78 is 0.599. The predicted molar refractivity (Wildman–Crippen MR) is 69.4 cm³/mol. The third-order valence-corrected chi connectivity index (χ3v) is 2.93. The van der Waals surface area contributed by atoms with Crippen LogP contribution in [0.3, 0.4) is 0 Å². The lowest BCUT2D eigenvalue weighted by Gasteiger charge is -2.06. The molecule has 0 fully saturated rings. The standard InChI is InChI=1S/C10H10BrClN2O3/c11-8-4-3-7(14(16)17)6-9(8)13-10(15)2-1-5-12/h3-4,6H,1-2,5H2,(H,13,15). The number of rotatable bonds is 5. The van der Waals surface area contributed by atoms with E-state index in [1.165, 1.54) is 18.2 Å². The van der Waals surface area contributed by atoms with Crippen molar-refractivity contribution in [3.05, 3.63) is 32.8 Å². The molecule has 0 aromatic heterocycles. The van der Waals surface area contributed by atoms with Crippen LogP contribution in [0.2, 0.25) is 0 Å². The highest BCUT2D eigenvalue weighted by Gasteiger charge is 2.11. The van der Waals surface area contributed by atoms with Gasteiger partial charge in [-0.3, -0.25) is 14.9 Å². The third kappa shape index (κ3) is 4.32. The fourth-order valence-corrected chi connectivity index (χ4v) is 1.64. The highest BCUT2D eigenvalue weighted by Crippen LogP contribution is 2.27. The van der Waals surface area contributed by atoms with E-state index in [2.05, 4.69) is 21.2 Å². The van der Waals surface area contributed by atoms with Gasteiger partial charge in [-0.1, -0.05) is 0 Å². The summed E-state index contributed by atoms with van der Waals surface area (Å²) in [5.74, 6) is 0.190. The summed E-state index contributed by atoms with van der Waals surface area (Å²) in [6, 6.07) is 4.19. The van der Waals surface area contributed by atoms with Crippen molar-refractivity contribution in [3.8, 4) is 0 Å². The zero-order valence-corrected chi connectivity index (χ0v) is 11.1. The Balaban J connectivity index is 2.79. The number of alkyl halides is 1. The second-order valence-electron chi connectivity index (χ2n) is 3.26. The molecule has 1 N–H and O–H groups in total. The summed E-state index contributed by atoms with van der Waals surface area (Å²) in [7, 11) is 0. The number of carbonyl (C=O) groups excluding carboxylic acids is 1. The minimum Gasteiger partial charge on any atom is -0.325 e. The predicted octanol–water partition coefficient (Wildman–Crippen LogP) is 3.31. The fourth-order valence-electron chi connectivity index (χ4n) is 1.16. The number of non-ortho nitro benzene ring substituents is 1. The van der Waals surface area contributed by atoms with Crippen molar-refractivity contribution < 1.29 is 9.72 Å². The first-order chi connectivity index (χ1) is 8.04. The van der Waals surface area contributed by atoms with Crippen molar-refractivity contribution >= 4 is 44.8 Å². The van der Waals surface area contributed by atoms with Crippen LogP contribution in [-0.4, -0.2) is 16.7 Å². The summed E-state index contributed by atoms with van der Waals surface area (Å²) in [6.07, 6.45) is 0.860. The van der Waals surface area contributed by atoms with Gasteiger partial charge in [0.1, 0.15) is 0 Å². The Bertz CT molecular complexity index is 440. The van der Waals surface area contributed by atoms with Crippen LogP contribution in [0.4, 0.5) is 11.4 Å². The number of halogens is 2. The number of hydrogen-bond acceptors (Lipinski definition) is 3. The van der Waals surface area contributed by atoms with Gasteiger partial charge < -0.3 is 5.32 Å². The summed E-state index contributed by atoms with van der Waals surface area (Å²) in [5, 5.41) is 13.2. The molecule has 1 aromatic carbocycles. The van der Waals surface area contributed by atoms with Crippen LogP contribution in [0.1, 0.15) is 12.8 Å². The molecule has 7 heteroatoms. The van der Waals surface area contributed by atoms with E-state index in [0.717, 1.165) is 0 Å². The average molecular weight is 322 g/mol. The first kappa shape index (κ1) is 13.9. The fraction of sp³-hybridized carbons (Fsp3) is 0.300. The lowest BCUT2D eigenvalue weighted by molar-refractivity contribution is -0.384. The molecule has 0 aliphatic rings. The monoisotopic (exact) mass is 320 g/mol. The van der Waals surface area contributed by atoms with Crippen LogP contribution in [-0.2, 0) is 4.79 Å². The second-order valence-corrected chi connectivity index (χ2v) is 4.49. The molecular weight excluding hydrogens is 311 g/mol. The maximum absolute atomic E-state index is 11.4. The molecule has 0 atom stereocenters. The number of amides is 1. The van der Waals surface area contributed by atoms with E-state index < -0.39 is 4.92 Å². The van der Waals surface area contributed by atoms with Crippen molar-refractivity contribution in [3.63, 3.8) is 0 Å². The Kier molecular flexibility index (Phi) is 5.37. The Morgan fingerprint density at radius 3 is 2.82 bits per heavy atom. The van der Waals surface area contributed by atoms with Crippen LogP contribution < -0.4 is 5.32 Å². The number of anilines is 1. The Labute approximate surface area is 111 Å². The van der Waals surface area contributed by atoms with Crippen LogP contribution in [0.25, 0.3) is 0 Å². The number of nitro groups is 1. The minimum atomic E-state index is -0.513.